The Morgan fingerprint density at radius 1 is 1.44 bits per heavy atom. The van der Waals surface area contributed by atoms with Crippen LogP contribution in [0, 0.1) is 5.92 Å². The second-order valence-electron chi connectivity index (χ2n) is 4.98. The first-order valence-corrected chi connectivity index (χ1v) is 6.40. The summed E-state index contributed by atoms with van der Waals surface area (Å²) in [5, 5.41) is 12.4. The Morgan fingerprint density at radius 3 is 2.78 bits per heavy atom. The van der Waals surface area contributed by atoms with Crippen molar-refractivity contribution >= 4 is 11.9 Å². The van der Waals surface area contributed by atoms with E-state index in [4.69, 9.17) is 4.74 Å². The highest BCUT2D eigenvalue weighted by atomic mass is 16.5. The van der Waals surface area contributed by atoms with Gasteiger partial charge in [-0.15, -0.1) is 0 Å². The van der Waals surface area contributed by atoms with E-state index >= 15 is 0 Å². The number of carbonyl (C=O) groups excluding carboxylic acids is 1. The summed E-state index contributed by atoms with van der Waals surface area (Å²) < 4.78 is 5.19. The van der Waals surface area contributed by atoms with E-state index in [1.807, 2.05) is 0 Å². The van der Waals surface area contributed by atoms with Gasteiger partial charge in [0.05, 0.1) is 12.0 Å². The molecule has 6 heteroatoms. The molecule has 2 aliphatic rings. The van der Waals surface area contributed by atoms with E-state index < -0.39 is 12.0 Å². The molecule has 0 saturated carbocycles. The van der Waals surface area contributed by atoms with Gasteiger partial charge in [0.15, 0.2) is 0 Å². The van der Waals surface area contributed by atoms with Crippen molar-refractivity contribution in [3.05, 3.63) is 0 Å². The Labute approximate surface area is 106 Å². The molecule has 2 unspecified atom stereocenters. The number of carboxylic acid groups (broad SMARTS) is 1. The van der Waals surface area contributed by atoms with Crippen LogP contribution in [0.25, 0.3) is 0 Å². The number of rotatable bonds is 3. The summed E-state index contributed by atoms with van der Waals surface area (Å²) in [6.45, 7) is 1.98. The maximum atomic E-state index is 12.3. The van der Waals surface area contributed by atoms with E-state index in [-0.39, 0.29) is 17.9 Å². The van der Waals surface area contributed by atoms with Crippen molar-refractivity contribution < 1.29 is 19.4 Å². The maximum Gasteiger partial charge on any atom is 0.326 e. The Morgan fingerprint density at radius 2 is 2.22 bits per heavy atom. The lowest BCUT2D eigenvalue weighted by Gasteiger charge is -2.29. The maximum absolute atomic E-state index is 12.3. The fraction of sp³-hybridized carbons (Fsp3) is 0.833. The van der Waals surface area contributed by atoms with Gasteiger partial charge in [-0.2, -0.15) is 0 Å². The first-order chi connectivity index (χ1) is 8.63. The van der Waals surface area contributed by atoms with Crippen LogP contribution in [0.2, 0.25) is 0 Å². The third kappa shape index (κ3) is 2.64. The molecule has 2 heterocycles. The van der Waals surface area contributed by atoms with E-state index in [0.29, 0.717) is 19.5 Å². The highest BCUT2D eigenvalue weighted by molar-refractivity contribution is 5.86. The molecule has 2 aliphatic heterocycles. The molecule has 102 valence electrons. The number of piperidine rings is 1. The van der Waals surface area contributed by atoms with Gasteiger partial charge in [0.1, 0.15) is 6.04 Å². The summed E-state index contributed by atoms with van der Waals surface area (Å²) in [5.41, 5.74) is 0. The second kappa shape index (κ2) is 5.67. The minimum absolute atomic E-state index is 0.0471. The molecule has 0 bridgehead atoms. The van der Waals surface area contributed by atoms with Gasteiger partial charge in [-0.3, -0.25) is 4.79 Å². The van der Waals surface area contributed by atoms with Gasteiger partial charge in [-0.05, 0) is 19.4 Å². The quantitative estimate of drug-likeness (QED) is 0.724. The topological polar surface area (TPSA) is 78.9 Å². The average molecular weight is 256 g/mol. The molecule has 2 N–H and O–H groups in total. The molecule has 0 aromatic rings. The molecule has 0 aliphatic carbocycles. The lowest BCUT2D eigenvalue weighted by molar-refractivity contribution is -0.150. The number of hydrogen-bond acceptors (Lipinski definition) is 4. The minimum Gasteiger partial charge on any atom is -0.480 e. The normalized spacial score (nSPS) is 32.5. The van der Waals surface area contributed by atoms with E-state index in [2.05, 4.69) is 5.32 Å². The molecular weight excluding hydrogens is 236 g/mol. The van der Waals surface area contributed by atoms with Gasteiger partial charge in [0.2, 0.25) is 5.91 Å². The lowest BCUT2D eigenvalue weighted by atomic mass is 9.98. The van der Waals surface area contributed by atoms with Crippen molar-refractivity contribution in [1.29, 1.82) is 0 Å². The molecule has 6 nitrogen and oxygen atoms in total. The van der Waals surface area contributed by atoms with E-state index in [1.54, 1.807) is 7.11 Å². The molecule has 0 aromatic carbocycles. The summed E-state index contributed by atoms with van der Waals surface area (Å²) in [5.74, 6) is -1.07. The van der Waals surface area contributed by atoms with Gasteiger partial charge in [0, 0.05) is 26.6 Å². The second-order valence-corrected chi connectivity index (χ2v) is 4.98. The smallest absolute Gasteiger partial charge is 0.326 e. The number of hydrogen-bond donors (Lipinski definition) is 2. The van der Waals surface area contributed by atoms with Gasteiger partial charge < -0.3 is 20.1 Å². The molecule has 2 rings (SSSR count). The number of ether oxygens (including phenoxy) is 1. The Kier molecular flexibility index (Phi) is 4.19. The zero-order valence-corrected chi connectivity index (χ0v) is 10.6. The van der Waals surface area contributed by atoms with Crippen molar-refractivity contribution in [2.24, 2.45) is 5.92 Å². The van der Waals surface area contributed by atoms with Crippen LogP contribution < -0.4 is 5.32 Å². The summed E-state index contributed by atoms with van der Waals surface area (Å²) >= 11 is 0. The van der Waals surface area contributed by atoms with Crippen molar-refractivity contribution in [2.75, 3.05) is 26.7 Å². The first kappa shape index (κ1) is 13.3. The van der Waals surface area contributed by atoms with Crippen LogP contribution in [-0.2, 0) is 14.3 Å². The molecular formula is C12H20N2O4. The van der Waals surface area contributed by atoms with E-state index in [9.17, 15) is 14.7 Å². The van der Waals surface area contributed by atoms with Crippen molar-refractivity contribution in [3.63, 3.8) is 0 Å². The summed E-state index contributed by atoms with van der Waals surface area (Å²) in [4.78, 5) is 25.0. The van der Waals surface area contributed by atoms with Crippen LogP contribution >= 0.6 is 0 Å². The molecule has 2 fully saturated rings. The molecule has 0 spiro atoms. The summed E-state index contributed by atoms with van der Waals surface area (Å²) in [7, 11) is 1.56. The fourth-order valence-electron chi connectivity index (χ4n) is 2.74. The van der Waals surface area contributed by atoms with Gasteiger partial charge in [-0.25, -0.2) is 4.79 Å². The predicted octanol–water partition coefficient (Wildman–Crippen LogP) is -0.313. The number of nitrogens with zero attached hydrogens (tertiary/aromatic N) is 1. The number of nitrogens with one attached hydrogen (secondary N) is 1. The van der Waals surface area contributed by atoms with Crippen LogP contribution in [-0.4, -0.2) is 60.8 Å². The number of likely N-dealkylation sites (tertiary alicyclic amines) is 1. The summed E-state index contributed by atoms with van der Waals surface area (Å²) in [6.07, 6.45) is 2.03. The number of methoxy groups -OCH3 is 1. The number of aliphatic carboxylic acids is 1. The Bertz CT molecular complexity index is 328. The molecule has 0 radical (unpaired) electrons. The van der Waals surface area contributed by atoms with Crippen molar-refractivity contribution in [1.82, 2.24) is 10.2 Å². The van der Waals surface area contributed by atoms with Crippen LogP contribution in [0.3, 0.4) is 0 Å². The zero-order valence-electron chi connectivity index (χ0n) is 10.6. The Balaban J connectivity index is 2.04. The fourth-order valence-corrected chi connectivity index (χ4v) is 2.74. The number of carboxylic acids is 1. The van der Waals surface area contributed by atoms with Crippen LogP contribution in [0.1, 0.15) is 19.3 Å². The van der Waals surface area contributed by atoms with Gasteiger partial charge in [-0.1, -0.05) is 0 Å². The molecule has 18 heavy (non-hydrogen) atoms. The van der Waals surface area contributed by atoms with E-state index in [0.717, 1.165) is 19.4 Å². The monoisotopic (exact) mass is 256 g/mol. The number of amides is 1. The molecule has 0 aromatic heterocycles. The molecule has 1 amide bonds. The van der Waals surface area contributed by atoms with Crippen LogP contribution in [0.15, 0.2) is 0 Å². The lowest BCUT2D eigenvalue weighted by Crippen LogP contribution is -2.47. The molecule has 3 atom stereocenters. The van der Waals surface area contributed by atoms with Crippen LogP contribution in [0.5, 0.6) is 0 Å². The standard InChI is InChI=1S/C12H20N2O4/c1-18-9-5-10(12(16)17)14(7-9)11(15)8-3-2-4-13-6-8/h8-10,13H,2-7H2,1H3,(H,16,17)/t8-,9?,10?/m0/s1. The first-order valence-electron chi connectivity index (χ1n) is 6.40. The SMILES string of the molecule is COC1CC(C(=O)O)N(C(=O)[C@H]2CCCNC2)C1. The summed E-state index contributed by atoms with van der Waals surface area (Å²) in [6, 6.07) is -0.732. The zero-order chi connectivity index (χ0) is 13.1. The van der Waals surface area contributed by atoms with Crippen molar-refractivity contribution in [2.45, 2.75) is 31.4 Å². The van der Waals surface area contributed by atoms with E-state index in [1.165, 1.54) is 4.90 Å². The largest absolute Gasteiger partial charge is 0.480 e. The average Bonchev–Trinajstić information content (AvgIpc) is 2.83. The predicted molar refractivity (Wildman–Crippen MR) is 64.1 cm³/mol. The van der Waals surface area contributed by atoms with Gasteiger partial charge in [0.25, 0.3) is 0 Å². The highest BCUT2D eigenvalue weighted by Gasteiger charge is 2.41. The molecule has 2 saturated heterocycles. The van der Waals surface area contributed by atoms with Gasteiger partial charge >= 0.3 is 5.97 Å². The highest BCUT2D eigenvalue weighted by Crippen LogP contribution is 2.24. The Hall–Kier alpha value is -1.14. The third-order valence-electron chi connectivity index (χ3n) is 3.81. The van der Waals surface area contributed by atoms with Crippen LogP contribution in [0.4, 0.5) is 0 Å². The van der Waals surface area contributed by atoms with Crippen molar-refractivity contribution in [3.8, 4) is 0 Å². The number of carbonyl (C=O) groups is 2. The minimum atomic E-state index is -0.938. The third-order valence-corrected chi connectivity index (χ3v) is 3.81.